The van der Waals surface area contributed by atoms with Crippen LogP contribution in [0.15, 0.2) is 35.1 Å². The van der Waals surface area contributed by atoms with E-state index in [0.29, 0.717) is 18.1 Å². The maximum absolute atomic E-state index is 12.7. The first-order valence-corrected chi connectivity index (χ1v) is 8.29. The highest BCUT2D eigenvalue weighted by Gasteiger charge is 2.33. The van der Waals surface area contributed by atoms with Gasteiger partial charge in [-0.2, -0.15) is 4.98 Å². The summed E-state index contributed by atoms with van der Waals surface area (Å²) < 4.78 is 7.13. The number of rotatable bonds is 4. The van der Waals surface area contributed by atoms with Gasteiger partial charge in [0.05, 0.1) is 18.2 Å². The van der Waals surface area contributed by atoms with E-state index >= 15 is 0 Å². The molecule has 0 aliphatic carbocycles. The summed E-state index contributed by atoms with van der Waals surface area (Å²) >= 11 is 0. The Morgan fingerprint density at radius 1 is 1.38 bits per heavy atom. The molecule has 0 bridgehead atoms. The van der Waals surface area contributed by atoms with Gasteiger partial charge in [0.2, 0.25) is 11.8 Å². The Morgan fingerprint density at radius 3 is 3.08 bits per heavy atom. The predicted octanol–water partition coefficient (Wildman–Crippen LogP) is 2.19. The normalized spacial score (nSPS) is 17.7. The van der Waals surface area contributed by atoms with Gasteiger partial charge in [-0.15, -0.1) is 0 Å². The molecular weight excluding hydrogens is 306 g/mol. The van der Waals surface area contributed by atoms with Gasteiger partial charge >= 0.3 is 0 Å². The summed E-state index contributed by atoms with van der Waals surface area (Å²) in [6, 6.07) is 5.72. The summed E-state index contributed by atoms with van der Waals surface area (Å²) in [4.78, 5) is 23.5. The van der Waals surface area contributed by atoms with Crippen molar-refractivity contribution < 1.29 is 9.32 Å². The quantitative estimate of drug-likeness (QED) is 0.735. The van der Waals surface area contributed by atoms with Crippen LogP contribution in [0.1, 0.15) is 43.2 Å². The topological polar surface area (TPSA) is 76.5 Å². The van der Waals surface area contributed by atoms with E-state index in [-0.39, 0.29) is 18.4 Å². The minimum absolute atomic E-state index is 0.0590. The van der Waals surface area contributed by atoms with Crippen molar-refractivity contribution in [1.29, 1.82) is 0 Å². The molecule has 0 unspecified atom stereocenters. The fraction of sp³-hybridized carbons (Fsp3) is 0.412. The summed E-state index contributed by atoms with van der Waals surface area (Å²) in [6.07, 6.45) is 6.66. The Bertz CT molecular complexity index is 836. The second-order valence-corrected chi connectivity index (χ2v) is 6.02. The number of hydrogen-bond acceptors (Lipinski definition) is 5. The number of hydrogen-bond donors (Lipinski definition) is 0. The van der Waals surface area contributed by atoms with Crippen LogP contribution in [0.5, 0.6) is 0 Å². The second-order valence-electron chi connectivity index (χ2n) is 6.02. The maximum Gasteiger partial charge on any atom is 0.229 e. The fourth-order valence-corrected chi connectivity index (χ4v) is 3.21. The minimum Gasteiger partial charge on any atom is -0.339 e. The smallest absolute Gasteiger partial charge is 0.229 e. The molecular formula is C17H19N5O2. The molecule has 4 rings (SSSR count). The Balaban J connectivity index is 1.52. The van der Waals surface area contributed by atoms with Gasteiger partial charge in [0, 0.05) is 25.4 Å². The molecule has 0 aromatic carbocycles. The number of imidazole rings is 1. The Labute approximate surface area is 139 Å². The number of carbonyl (C=O) groups is 1. The molecule has 124 valence electrons. The van der Waals surface area contributed by atoms with E-state index in [0.717, 1.165) is 30.7 Å². The minimum atomic E-state index is -0.0846. The Morgan fingerprint density at radius 2 is 2.29 bits per heavy atom. The van der Waals surface area contributed by atoms with Gasteiger partial charge in [-0.25, -0.2) is 4.98 Å². The van der Waals surface area contributed by atoms with Crippen molar-refractivity contribution in [2.75, 3.05) is 6.54 Å². The highest BCUT2D eigenvalue weighted by molar-refractivity contribution is 5.79. The van der Waals surface area contributed by atoms with Gasteiger partial charge in [0.1, 0.15) is 5.65 Å². The third kappa shape index (κ3) is 2.66. The molecule has 24 heavy (non-hydrogen) atoms. The molecule has 0 saturated carbocycles. The van der Waals surface area contributed by atoms with Crippen LogP contribution in [0.2, 0.25) is 0 Å². The molecule has 7 nitrogen and oxygen atoms in total. The molecule has 3 aromatic rings. The highest BCUT2D eigenvalue weighted by Crippen LogP contribution is 2.30. The van der Waals surface area contributed by atoms with Crippen LogP contribution in [-0.4, -0.2) is 36.9 Å². The van der Waals surface area contributed by atoms with Crippen LogP contribution in [0, 0.1) is 0 Å². The fourth-order valence-electron chi connectivity index (χ4n) is 3.21. The zero-order valence-corrected chi connectivity index (χ0v) is 13.6. The number of likely N-dealkylation sites (tertiary alicyclic amines) is 1. The molecule has 1 fully saturated rings. The van der Waals surface area contributed by atoms with E-state index in [1.807, 2.05) is 46.8 Å². The summed E-state index contributed by atoms with van der Waals surface area (Å²) in [5.74, 6) is 1.29. The van der Waals surface area contributed by atoms with Crippen LogP contribution >= 0.6 is 0 Å². The Kier molecular flexibility index (Phi) is 3.76. The van der Waals surface area contributed by atoms with Crippen LogP contribution in [0.25, 0.3) is 5.65 Å². The van der Waals surface area contributed by atoms with Crippen LogP contribution < -0.4 is 0 Å². The van der Waals surface area contributed by atoms with Crippen LogP contribution in [0.3, 0.4) is 0 Å². The van der Waals surface area contributed by atoms with Crippen molar-refractivity contribution in [3.05, 3.63) is 48.0 Å². The molecule has 1 saturated heterocycles. The van der Waals surface area contributed by atoms with Crippen molar-refractivity contribution in [3.8, 4) is 0 Å². The first-order chi connectivity index (χ1) is 11.7. The molecule has 1 atom stereocenters. The number of carbonyl (C=O) groups excluding carboxylic acids is 1. The van der Waals surface area contributed by atoms with E-state index in [9.17, 15) is 4.79 Å². The lowest BCUT2D eigenvalue weighted by Crippen LogP contribution is -2.32. The average molecular weight is 325 g/mol. The van der Waals surface area contributed by atoms with Crippen molar-refractivity contribution >= 4 is 11.6 Å². The molecule has 7 heteroatoms. The van der Waals surface area contributed by atoms with Gasteiger partial charge in [-0.05, 0) is 25.0 Å². The summed E-state index contributed by atoms with van der Waals surface area (Å²) in [5.41, 5.74) is 1.63. The van der Waals surface area contributed by atoms with E-state index in [1.165, 1.54) is 0 Å². The molecule has 0 radical (unpaired) electrons. The summed E-state index contributed by atoms with van der Waals surface area (Å²) in [6.45, 7) is 2.70. The zero-order valence-electron chi connectivity index (χ0n) is 13.6. The van der Waals surface area contributed by atoms with Gasteiger partial charge in [-0.1, -0.05) is 18.1 Å². The number of fused-ring (bicyclic) bond motifs is 1. The summed E-state index contributed by atoms with van der Waals surface area (Å²) in [5, 5.41) is 4.04. The monoisotopic (exact) mass is 325 g/mol. The molecule has 1 aliphatic rings. The largest absolute Gasteiger partial charge is 0.339 e. The second kappa shape index (κ2) is 6.07. The number of aryl methyl sites for hydroxylation is 1. The molecule has 1 amide bonds. The lowest BCUT2D eigenvalue weighted by molar-refractivity contribution is -0.131. The molecule has 3 aromatic heterocycles. The van der Waals surface area contributed by atoms with E-state index in [4.69, 9.17) is 4.52 Å². The van der Waals surface area contributed by atoms with Gasteiger partial charge in [-0.3, -0.25) is 4.79 Å². The van der Waals surface area contributed by atoms with E-state index in [2.05, 4.69) is 15.1 Å². The number of aromatic nitrogens is 4. The van der Waals surface area contributed by atoms with E-state index in [1.54, 1.807) is 0 Å². The van der Waals surface area contributed by atoms with Crippen LogP contribution in [-0.2, 0) is 17.6 Å². The zero-order chi connectivity index (χ0) is 16.5. The first kappa shape index (κ1) is 14.9. The van der Waals surface area contributed by atoms with E-state index < -0.39 is 0 Å². The van der Waals surface area contributed by atoms with Crippen LogP contribution in [0.4, 0.5) is 0 Å². The standard InChI is InChI=1S/C17H19N5O2/c1-2-15-19-17(20-24-15)13-6-5-9-22(13)16(23)10-12-11-21-8-4-3-7-14(21)18-12/h3-4,7-8,11,13H,2,5-6,9-10H2,1H3/t13-/m1/s1. The maximum atomic E-state index is 12.7. The average Bonchev–Trinajstić information content (AvgIpc) is 3.31. The lowest BCUT2D eigenvalue weighted by atomic mass is 10.2. The number of pyridine rings is 1. The third-order valence-electron chi connectivity index (χ3n) is 4.40. The highest BCUT2D eigenvalue weighted by atomic mass is 16.5. The number of nitrogens with zero attached hydrogens (tertiary/aromatic N) is 5. The summed E-state index contributed by atoms with van der Waals surface area (Å²) in [7, 11) is 0. The molecule has 4 heterocycles. The van der Waals surface area contributed by atoms with Gasteiger partial charge < -0.3 is 13.8 Å². The third-order valence-corrected chi connectivity index (χ3v) is 4.40. The SMILES string of the molecule is CCc1nc([C@H]2CCCN2C(=O)Cc2cn3ccccc3n2)no1. The molecule has 0 N–H and O–H groups in total. The molecule has 1 aliphatic heterocycles. The van der Waals surface area contributed by atoms with Crippen molar-refractivity contribution in [3.63, 3.8) is 0 Å². The Hall–Kier alpha value is -2.70. The number of amides is 1. The molecule has 0 spiro atoms. The predicted molar refractivity (Wildman–Crippen MR) is 86.3 cm³/mol. The lowest BCUT2D eigenvalue weighted by Gasteiger charge is -2.21. The van der Waals surface area contributed by atoms with Crippen molar-refractivity contribution in [1.82, 2.24) is 24.4 Å². The van der Waals surface area contributed by atoms with Gasteiger partial charge in [0.25, 0.3) is 0 Å². The van der Waals surface area contributed by atoms with Gasteiger partial charge in [0.15, 0.2) is 5.82 Å². The van der Waals surface area contributed by atoms with Crippen molar-refractivity contribution in [2.24, 2.45) is 0 Å². The van der Waals surface area contributed by atoms with Crippen molar-refractivity contribution in [2.45, 2.75) is 38.6 Å². The first-order valence-electron chi connectivity index (χ1n) is 8.29.